The predicted octanol–water partition coefficient (Wildman–Crippen LogP) is 2.38. The van der Waals surface area contributed by atoms with Gasteiger partial charge in [-0.15, -0.1) is 0 Å². The maximum atomic E-state index is 12.2. The van der Waals surface area contributed by atoms with Crippen molar-refractivity contribution in [3.8, 4) is 5.75 Å². The number of thioether (sulfide) groups is 1. The molecule has 0 saturated heterocycles. The molecule has 2 N–H and O–H groups in total. The lowest BCUT2D eigenvalue weighted by atomic mass is 10.2. The van der Waals surface area contributed by atoms with Gasteiger partial charge in [-0.3, -0.25) is 9.36 Å². The molecule has 5 nitrogen and oxygen atoms in total. The van der Waals surface area contributed by atoms with Crippen LogP contribution >= 0.6 is 11.8 Å². The summed E-state index contributed by atoms with van der Waals surface area (Å²) in [6.07, 6.45) is 1.01. The third-order valence-corrected chi connectivity index (χ3v) is 4.11. The lowest BCUT2D eigenvalue weighted by Crippen LogP contribution is -2.23. The van der Waals surface area contributed by atoms with Crippen molar-refractivity contribution in [3.05, 3.63) is 46.2 Å². The quantitative estimate of drug-likeness (QED) is 0.655. The number of methoxy groups -OCH3 is 1. The summed E-state index contributed by atoms with van der Waals surface area (Å²) in [5, 5.41) is 0.665. The largest absolute Gasteiger partial charge is 0.497 e. The minimum Gasteiger partial charge on any atom is -0.497 e. The van der Waals surface area contributed by atoms with Crippen molar-refractivity contribution >= 4 is 17.6 Å². The summed E-state index contributed by atoms with van der Waals surface area (Å²) in [4.78, 5) is 16.4. The van der Waals surface area contributed by atoms with Crippen LogP contribution in [0.5, 0.6) is 5.75 Å². The van der Waals surface area contributed by atoms with Gasteiger partial charge in [0, 0.05) is 11.8 Å². The van der Waals surface area contributed by atoms with Crippen LogP contribution in [0.1, 0.15) is 18.9 Å². The average Bonchev–Trinajstić information content (AvgIpc) is 2.48. The normalized spacial score (nSPS) is 10.6. The smallest absolute Gasteiger partial charge is 0.256 e. The van der Waals surface area contributed by atoms with Crippen molar-refractivity contribution in [2.75, 3.05) is 18.6 Å². The molecule has 1 heterocycles. The van der Waals surface area contributed by atoms with Crippen molar-refractivity contribution in [3.63, 3.8) is 0 Å². The van der Waals surface area contributed by atoms with Crippen LogP contribution in [0.25, 0.3) is 0 Å². The van der Waals surface area contributed by atoms with Crippen LogP contribution in [-0.4, -0.2) is 22.4 Å². The van der Waals surface area contributed by atoms with Crippen LogP contribution in [0, 0.1) is 0 Å². The molecule has 21 heavy (non-hydrogen) atoms. The van der Waals surface area contributed by atoms with E-state index in [-0.39, 0.29) is 11.4 Å². The highest BCUT2D eigenvalue weighted by atomic mass is 32.2. The van der Waals surface area contributed by atoms with Gasteiger partial charge in [-0.25, -0.2) is 4.98 Å². The fraction of sp³-hybridized carbons (Fsp3) is 0.333. The number of nitrogens with two attached hydrogens (primary N) is 1. The topological polar surface area (TPSA) is 70.1 Å². The maximum Gasteiger partial charge on any atom is 0.256 e. The van der Waals surface area contributed by atoms with E-state index in [4.69, 9.17) is 10.5 Å². The predicted molar refractivity (Wildman–Crippen MR) is 86.0 cm³/mol. The first-order valence-electron chi connectivity index (χ1n) is 6.77. The molecule has 0 unspecified atom stereocenters. The molecule has 2 aromatic rings. The molecule has 1 aromatic heterocycles. The Morgan fingerprint density at radius 1 is 1.33 bits per heavy atom. The van der Waals surface area contributed by atoms with Crippen LogP contribution in [0.2, 0.25) is 0 Å². The Morgan fingerprint density at radius 3 is 2.67 bits per heavy atom. The summed E-state index contributed by atoms with van der Waals surface area (Å²) >= 11 is 1.55. The molecule has 0 amide bonds. The SMILES string of the molecule is CCCSc1nc(N)cc(=O)n1Cc1ccc(OC)cc1. The van der Waals surface area contributed by atoms with E-state index in [0.717, 1.165) is 23.5 Å². The van der Waals surface area contributed by atoms with Gasteiger partial charge in [-0.2, -0.15) is 0 Å². The zero-order valence-electron chi connectivity index (χ0n) is 12.2. The molecule has 0 bridgehead atoms. The molecule has 112 valence electrons. The molecule has 2 rings (SSSR count). The van der Waals surface area contributed by atoms with E-state index < -0.39 is 0 Å². The number of hydrogen-bond donors (Lipinski definition) is 1. The second-order valence-corrected chi connectivity index (χ2v) is 5.65. The Hall–Kier alpha value is -1.95. The van der Waals surface area contributed by atoms with Gasteiger partial charge in [-0.1, -0.05) is 30.8 Å². The van der Waals surface area contributed by atoms with Gasteiger partial charge >= 0.3 is 0 Å². The molecule has 0 fully saturated rings. The highest BCUT2D eigenvalue weighted by molar-refractivity contribution is 7.99. The van der Waals surface area contributed by atoms with Gasteiger partial charge in [0.05, 0.1) is 13.7 Å². The molecule has 1 aromatic carbocycles. The summed E-state index contributed by atoms with van der Waals surface area (Å²) < 4.78 is 6.79. The van der Waals surface area contributed by atoms with Crippen LogP contribution in [0.15, 0.2) is 40.3 Å². The minimum atomic E-state index is -0.128. The fourth-order valence-corrected chi connectivity index (χ4v) is 2.73. The van der Waals surface area contributed by atoms with E-state index in [1.807, 2.05) is 24.3 Å². The summed E-state index contributed by atoms with van der Waals surface area (Å²) in [5.74, 6) is 1.96. The van der Waals surface area contributed by atoms with Gasteiger partial charge in [-0.05, 0) is 24.1 Å². The zero-order chi connectivity index (χ0) is 15.2. The number of ether oxygens (including phenoxy) is 1. The Balaban J connectivity index is 2.30. The molecule has 0 radical (unpaired) electrons. The molecule has 0 aliphatic heterocycles. The highest BCUT2D eigenvalue weighted by Crippen LogP contribution is 2.18. The standard InChI is InChI=1S/C15H19N3O2S/c1-3-8-21-15-17-13(16)9-14(19)18(15)10-11-4-6-12(20-2)7-5-11/h4-7,9H,3,8,10,16H2,1-2H3. The minimum absolute atomic E-state index is 0.128. The molecule has 0 saturated carbocycles. The molecule has 6 heteroatoms. The zero-order valence-corrected chi connectivity index (χ0v) is 13.0. The second kappa shape index (κ2) is 7.17. The summed E-state index contributed by atoms with van der Waals surface area (Å²) in [6, 6.07) is 9.00. The van der Waals surface area contributed by atoms with Crippen molar-refractivity contribution in [1.29, 1.82) is 0 Å². The van der Waals surface area contributed by atoms with Crippen LogP contribution in [0.4, 0.5) is 5.82 Å². The maximum absolute atomic E-state index is 12.2. The molecule has 0 spiro atoms. The van der Waals surface area contributed by atoms with Crippen LogP contribution < -0.4 is 16.0 Å². The molecular formula is C15H19N3O2S. The number of anilines is 1. The van der Waals surface area contributed by atoms with E-state index in [9.17, 15) is 4.79 Å². The van der Waals surface area contributed by atoms with Gasteiger partial charge in [0.1, 0.15) is 11.6 Å². The first-order valence-corrected chi connectivity index (χ1v) is 7.75. The average molecular weight is 305 g/mol. The van der Waals surface area contributed by atoms with Crippen molar-refractivity contribution in [2.24, 2.45) is 0 Å². The van der Waals surface area contributed by atoms with E-state index in [2.05, 4.69) is 11.9 Å². The van der Waals surface area contributed by atoms with Gasteiger partial charge in [0.15, 0.2) is 5.16 Å². The van der Waals surface area contributed by atoms with Gasteiger partial charge < -0.3 is 10.5 Å². The first kappa shape index (κ1) is 15.4. The van der Waals surface area contributed by atoms with Crippen LogP contribution in [0.3, 0.4) is 0 Å². The highest BCUT2D eigenvalue weighted by Gasteiger charge is 2.08. The second-order valence-electron chi connectivity index (χ2n) is 4.58. The van der Waals surface area contributed by atoms with E-state index in [1.54, 1.807) is 23.4 Å². The molecular weight excluding hydrogens is 286 g/mol. The Labute approximate surface area is 128 Å². The van der Waals surface area contributed by atoms with E-state index in [1.165, 1.54) is 6.07 Å². The summed E-state index contributed by atoms with van der Waals surface area (Å²) in [7, 11) is 1.63. The Bertz CT molecular complexity index is 653. The van der Waals surface area contributed by atoms with E-state index in [0.29, 0.717) is 11.7 Å². The first-order chi connectivity index (χ1) is 10.1. The molecule has 0 aliphatic carbocycles. The van der Waals surface area contributed by atoms with E-state index >= 15 is 0 Å². The van der Waals surface area contributed by atoms with Crippen LogP contribution in [-0.2, 0) is 6.54 Å². The Kier molecular flexibility index (Phi) is 5.27. The number of nitrogens with zero attached hydrogens (tertiary/aromatic N) is 2. The number of aromatic nitrogens is 2. The molecule has 0 atom stereocenters. The number of nitrogen functional groups attached to an aromatic ring is 1. The fourth-order valence-electron chi connectivity index (χ4n) is 1.86. The lowest BCUT2D eigenvalue weighted by molar-refractivity contribution is 0.414. The van der Waals surface area contributed by atoms with Crippen molar-refractivity contribution in [1.82, 2.24) is 9.55 Å². The lowest BCUT2D eigenvalue weighted by Gasteiger charge is -2.12. The summed E-state index contributed by atoms with van der Waals surface area (Å²) in [6.45, 7) is 2.56. The van der Waals surface area contributed by atoms with Gasteiger partial charge in [0.25, 0.3) is 5.56 Å². The number of rotatable bonds is 6. The summed E-state index contributed by atoms with van der Waals surface area (Å²) in [5.41, 5.74) is 6.57. The molecule has 0 aliphatic rings. The number of hydrogen-bond acceptors (Lipinski definition) is 5. The van der Waals surface area contributed by atoms with Crippen molar-refractivity contribution in [2.45, 2.75) is 25.0 Å². The van der Waals surface area contributed by atoms with Gasteiger partial charge in [0.2, 0.25) is 0 Å². The van der Waals surface area contributed by atoms with Crippen molar-refractivity contribution < 1.29 is 4.74 Å². The third-order valence-electron chi connectivity index (χ3n) is 2.93. The third kappa shape index (κ3) is 4.01. The monoisotopic (exact) mass is 305 g/mol. The Morgan fingerprint density at radius 2 is 2.05 bits per heavy atom. The number of benzene rings is 1.